The van der Waals surface area contributed by atoms with Gasteiger partial charge in [0.15, 0.2) is 6.61 Å². The third kappa shape index (κ3) is 6.56. The Balaban J connectivity index is 1.75. The Bertz CT molecular complexity index is 690. The average molecular weight is 434 g/mol. The van der Waals surface area contributed by atoms with Gasteiger partial charge in [0.1, 0.15) is 6.04 Å². The minimum atomic E-state index is -3.49. The van der Waals surface area contributed by atoms with Crippen molar-refractivity contribution in [1.82, 2.24) is 14.5 Å². The zero-order chi connectivity index (χ0) is 21.4. The predicted molar refractivity (Wildman–Crippen MR) is 105 cm³/mol. The molecule has 0 spiro atoms. The van der Waals surface area contributed by atoms with E-state index >= 15 is 0 Å². The highest BCUT2D eigenvalue weighted by molar-refractivity contribution is 7.89. The summed E-state index contributed by atoms with van der Waals surface area (Å²) in [6, 6.07) is -0.966. The number of piperidine rings is 1. The fourth-order valence-corrected chi connectivity index (χ4v) is 5.34. The first-order valence-corrected chi connectivity index (χ1v) is 11.8. The highest BCUT2D eigenvalue weighted by Gasteiger charge is 2.39. The zero-order valence-electron chi connectivity index (χ0n) is 17.1. The van der Waals surface area contributed by atoms with Gasteiger partial charge >= 0.3 is 12.1 Å². The number of hydrogen-bond donors (Lipinski definition) is 1. The van der Waals surface area contributed by atoms with Gasteiger partial charge < -0.3 is 19.7 Å². The number of nitrogens with one attached hydrogen (secondary N) is 1. The maximum absolute atomic E-state index is 12.3. The van der Waals surface area contributed by atoms with Crippen LogP contribution in [0.25, 0.3) is 0 Å². The molecule has 29 heavy (non-hydrogen) atoms. The molecule has 10 nitrogen and oxygen atoms in total. The summed E-state index contributed by atoms with van der Waals surface area (Å²) in [5.41, 5.74) is 0. The third-order valence-corrected chi connectivity index (χ3v) is 7.10. The summed E-state index contributed by atoms with van der Waals surface area (Å²) < 4.78 is 35.8. The first-order valence-electron chi connectivity index (χ1n) is 10.2. The Morgan fingerprint density at radius 1 is 1.03 bits per heavy atom. The fraction of sp³-hybridized carbons (Fsp3) is 0.833. The molecule has 166 valence electrons. The molecule has 1 unspecified atom stereocenters. The number of sulfonamides is 1. The second kappa shape index (κ2) is 10.8. The van der Waals surface area contributed by atoms with Crippen LogP contribution in [-0.2, 0) is 29.1 Å². The average Bonchev–Trinajstić information content (AvgIpc) is 3.18. The molecule has 2 aliphatic heterocycles. The molecule has 0 aromatic rings. The third-order valence-electron chi connectivity index (χ3n) is 5.03. The molecule has 0 radical (unpaired) electrons. The van der Waals surface area contributed by atoms with Crippen LogP contribution in [0.4, 0.5) is 4.79 Å². The molecule has 2 fully saturated rings. The standard InChI is InChI=1S/C18H31N3O7S/c1-3-12-29(25,26)21-9-5-6-15(21)17(23)28-13-16(22)19-14-7-10-20(11-8-14)18(24)27-4-2/h14-15H,3-13H2,1-2H3,(H,19,22). The van der Waals surface area contributed by atoms with Gasteiger partial charge in [0.2, 0.25) is 10.0 Å². The predicted octanol–water partition coefficient (Wildman–Crippen LogP) is 0.471. The summed E-state index contributed by atoms with van der Waals surface area (Å²) in [5.74, 6) is -1.13. The Labute approximate surface area is 171 Å². The minimum absolute atomic E-state index is 0.0121. The lowest BCUT2D eigenvalue weighted by atomic mass is 10.1. The van der Waals surface area contributed by atoms with Gasteiger partial charge in [-0.25, -0.2) is 13.2 Å². The molecule has 2 heterocycles. The van der Waals surface area contributed by atoms with E-state index in [0.717, 1.165) is 0 Å². The Kier molecular flexibility index (Phi) is 8.69. The van der Waals surface area contributed by atoms with Crippen molar-refractivity contribution < 1.29 is 32.3 Å². The number of likely N-dealkylation sites (tertiary alicyclic amines) is 1. The van der Waals surface area contributed by atoms with E-state index < -0.39 is 34.5 Å². The van der Waals surface area contributed by atoms with Gasteiger partial charge in [-0.15, -0.1) is 0 Å². The van der Waals surface area contributed by atoms with Crippen molar-refractivity contribution in [3.63, 3.8) is 0 Å². The lowest BCUT2D eigenvalue weighted by Crippen LogP contribution is -2.48. The summed E-state index contributed by atoms with van der Waals surface area (Å²) in [4.78, 5) is 37.7. The molecule has 0 saturated carbocycles. The fourth-order valence-electron chi connectivity index (χ4n) is 3.61. The van der Waals surface area contributed by atoms with Crippen LogP contribution in [-0.4, -0.2) is 86.3 Å². The van der Waals surface area contributed by atoms with Crippen molar-refractivity contribution in [3.05, 3.63) is 0 Å². The molecular weight excluding hydrogens is 402 g/mol. The zero-order valence-corrected chi connectivity index (χ0v) is 17.9. The molecule has 2 saturated heterocycles. The quantitative estimate of drug-likeness (QED) is 0.552. The largest absolute Gasteiger partial charge is 0.454 e. The molecule has 1 N–H and O–H groups in total. The van der Waals surface area contributed by atoms with Crippen molar-refractivity contribution in [2.75, 3.05) is 38.6 Å². The van der Waals surface area contributed by atoms with E-state index in [0.29, 0.717) is 58.3 Å². The van der Waals surface area contributed by atoms with Gasteiger partial charge in [-0.1, -0.05) is 6.92 Å². The van der Waals surface area contributed by atoms with Crippen LogP contribution in [0.5, 0.6) is 0 Å². The number of esters is 1. The van der Waals surface area contributed by atoms with Crippen LogP contribution in [0.1, 0.15) is 46.0 Å². The lowest BCUT2D eigenvalue weighted by Gasteiger charge is -2.31. The first-order chi connectivity index (χ1) is 13.8. The van der Waals surface area contributed by atoms with Gasteiger partial charge in [-0.2, -0.15) is 4.31 Å². The number of amides is 2. The monoisotopic (exact) mass is 433 g/mol. The molecule has 11 heteroatoms. The van der Waals surface area contributed by atoms with Crippen molar-refractivity contribution >= 4 is 28.0 Å². The highest BCUT2D eigenvalue weighted by atomic mass is 32.2. The minimum Gasteiger partial charge on any atom is -0.454 e. The Morgan fingerprint density at radius 2 is 1.72 bits per heavy atom. The van der Waals surface area contributed by atoms with Gasteiger partial charge in [0.05, 0.1) is 12.4 Å². The Hall–Kier alpha value is -1.88. The summed E-state index contributed by atoms with van der Waals surface area (Å²) in [7, 11) is -3.49. The molecule has 1 atom stereocenters. The molecule has 2 aliphatic rings. The summed E-state index contributed by atoms with van der Waals surface area (Å²) in [6.07, 6.45) is 2.28. The van der Waals surface area contributed by atoms with E-state index in [-0.39, 0.29) is 17.9 Å². The van der Waals surface area contributed by atoms with Crippen LogP contribution >= 0.6 is 0 Å². The molecule has 0 aromatic heterocycles. The van der Waals surface area contributed by atoms with E-state index in [2.05, 4.69) is 5.32 Å². The molecular formula is C18H31N3O7S. The second-order valence-electron chi connectivity index (χ2n) is 7.22. The molecule has 0 aromatic carbocycles. The van der Waals surface area contributed by atoms with Crippen molar-refractivity contribution in [3.8, 4) is 0 Å². The number of rotatable bonds is 8. The number of ether oxygens (including phenoxy) is 2. The van der Waals surface area contributed by atoms with Gasteiger partial charge in [0.25, 0.3) is 5.91 Å². The van der Waals surface area contributed by atoms with E-state index in [9.17, 15) is 22.8 Å². The smallest absolute Gasteiger partial charge is 0.409 e. The van der Waals surface area contributed by atoms with Crippen molar-refractivity contribution in [2.24, 2.45) is 0 Å². The van der Waals surface area contributed by atoms with E-state index in [1.54, 1.807) is 18.7 Å². The van der Waals surface area contributed by atoms with Gasteiger partial charge in [0, 0.05) is 25.7 Å². The van der Waals surface area contributed by atoms with Crippen LogP contribution in [0, 0.1) is 0 Å². The molecule has 0 aliphatic carbocycles. The van der Waals surface area contributed by atoms with Gasteiger partial charge in [-0.05, 0) is 39.0 Å². The van der Waals surface area contributed by atoms with Crippen LogP contribution in [0.15, 0.2) is 0 Å². The lowest BCUT2D eigenvalue weighted by molar-refractivity contribution is -0.151. The van der Waals surface area contributed by atoms with Gasteiger partial charge in [-0.3, -0.25) is 9.59 Å². The Morgan fingerprint density at radius 3 is 2.34 bits per heavy atom. The normalized spacial score (nSPS) is 21.0. The molecule has 2 rings (SSSR count). The summed E-state index contributed by atoms with van der Waals surface area (Å²) >= 11 is 0. The maximum Gasteiger partial charge on any atom is 0.409 e. The van der Waals surface area contributed by atoms with Crippen molar-refractivity contribution in [1.29, 1.82) is 0 Å². The van der Waals surface area contributed by atoms with Crippen LogP contribution in [0.3, 0.4) is 0 Å². The summed E-state index contributed by atoms with van der Waals surface area (Å²) in [6.45, 7) is 4.64. The van der Waals surface area contributed by atoms with E-state index in [4.69, 9.17) is 9.47 Å². The number of carbonyl (C=O) groups is 3. The van der Waals surface area contributed by atoms with Crippen molar-refractivity contribution in [2.45, 2.75) is 58.0 Å². The van der Waals surface area contributed by atoms with Crippen LogP contribution < -0.4 is 5.32 Å². The van der Waals surface area contributed by atoms with Crippen LogP contribution in [0.2, 0.25) is 0 Å². The second-order valence-corrected chi connectivity index (χ2v) is 9.26. The number of hydrogen-bond acceptors (Lipinski definition) is 7. The summed E-state index contributed by atoms with van der Waals surface area (Å²) in [5, 5.41) is 2.79. The molecule has 2 amide bonds. The molecule has 0 bridgehead atoms. The number of nitrogens with zero attached hydrogens (tertiary/aromatic N) is 2. The highest BCUT2D eigenvalue weighted by Crippen LogP contribution is 2.23. The SMILES string of the molecule is CCCS(=O)(=O)N1CCCC1C(=O)OCC(=O)NC1CCN(C(=O)OCC)CC1. The topological polar surface area (TPSA) is 122 Å². The van der Waals surface area contributed by atoms with E-state index in [1.807, 2.05) is 0 Å². The first kappa shape index (κ1) is 23.4. The van der Waals surface area contributed by atoms with E-state index in [1.165, 1.54) is 4.31 Å². The maximum atomic E-state index is 12.3. The number of carbonyl (C=O) groups excluding carboxylic acids is 3.